The first-order valence-corrected chi connectivity index (χ1v) is 6.88. The summed E-state index contributed by atoms with van der Waals surface area (Å²) >= 11 is 0. The fourth-order valence-electron chi connectivity index (χ4n) is 2.22. The Kier molecular flexibility index (Phi) is 4.39. The van der Waals surface area contributed by atoms with E-state index in [1.807, 2.05) is 6.92 Å². The Hall–Kier alpha value is -1.89. The Labute approximate surface area is 118 Å². The average molecular weight is 279 g/mol. The Morgan fingerprint density at radius 1 is 1.35 bits per heavy atom. The molecule has 0 atom stereocenters. The molecular weight excluding hydrogens is 258 g/mol. The van der Waals surface area contributed by atoms with Crippen LogP contribution in [0.5, 0.6) is 0 Å². The quantitative estimate of drug-likeness (QED) is 0.832. The lowest BCUT2D eigenvalue weighted by atomic mass is 9.96. The third-order valence-electron chi connectivity index (χ3n) is 3.39. The summed E-state index contributed by atoms with van der Waals surface area (Å²) in [4.78, 5) is 4.44. The monoisotopic (exact) mass is 279 g/mol. The second kappa shape index (κ2) is 6.04. The summed E-state index contributed by atoms with van der Waals surface area (Å²) in [7, 11) is 0. The molecule has 0 fully saturated rings. The number of nitrogens with two attached hydrogens (primary N) is 1. The zero-order valence-electron chi connectivity index (χ0n) is 12.2. The van der Waals surface area contributed by atoms with Crippen molar-refractivity contribution in [3.05, 3.63) is 24.1 Å². The van der Waals surface area contributed by atoms with Gasteiger partial charge < -0.3 is 15.0 Å². The average Bonchev–Trinajstić information content (AvgIpc) is 3.06. The van der Waals surface area contributed by atoms with E-state index in [1.165, 1.54) is 0 Å². The van der Waals surface area contributed by atoms with Gasteiger partial charge in [0.1, 0.15) is 12.1 Å². The minimum Gasteiger partial charge on any atom is -0.396 e. The highest BCUT2D eigenvalue weighted by Crippen LogP contribution is 2.30. The molecule has 0 radical (unpaired) electrons. The highest BCUT2D eigenvalue weighted by atomic mass is 16.5. The maximum atomic E-state index is 5.85. The van der Waals surface area contributed by atoms with E-state index in [9.17, 15) is 0 Å². The molecule has 0 unspecified atom stereocenters. The maximum absolute atomic E-state index is 5.85. The molecular formula is C13H21N5O2. The van der Waals surface area contributed by atoms with Gasteiger partial charge in [0, 0.05) is 12.8 Å². The van der Waals surface area contributed by atoms with E-state index in [1.54, 1.807) is 17.1 Å². The first kappa shape index (κ1) is 14.5. The van der Waals surface area contributed by atoms with Gasteiger partial charge in [0.05, 0.1) is 11.9 Å². The van der Waals surface area contributed by atoms with Crippen LogP contribution in [0.2, 0.25) is 0 Å². The number of hydrogen-bond acceptors (Lipinski definition) is 6. The Bertz CT molecular complexity index is 544. The number of rotatable bonds is 7. The highest BCUT2D eigenvalue weighted by Gasteiger charge is 2.34. The molecule has 0 bridgehead atoms. The summed E-state index contributed by atoms with van der Waals surface area (Å²) < 4.78 is 12.8. The van der Waals surface area contributed by atoms with E-state index in [-0.39, 0.29) is 0 Å². The molecule has 0 aliphatic heterocycles. The standard InChI is InChI=1S/C13H21N5O2/c1-4-13(5-2,19-6-3)12-16-11(20-17-12)9-18-8-10(14)7-15-18/h7-8H,4-6,9,14H2,1-3H3. The molecule has 0 aromatic carbocycles. The number of nitrogens with zero attached hydrogens (tertiary/aromatic N) is 4. The summed E-state index contributed by atoms with van der Waals surface area (Å²) in [5.74, 6) is 1.09. The molecule has 2 N–H and O–H groups in total. The minimum absolute atomic E-state index is 0.403. The van der Waals surface area contributed by atoms with Crippen LogP contribution >= 0.6 is 0 Å². The molecule has 0 aliphatic carbocycles. The molecule has 7 nitrogen and oxygen atoms in total. The summed E-state index contributed by atoms with van der Waals surface area (Å²) in [5.41, 5.74) is 5.75. The predicted octanol–water partition coefficient (Wildman–Crippen LogP) is 1.95. The predicted molar refractivity (Wildman–Crippen MR) is 73.9 cm³/mol. The third kappa shape index (κ3) is 2.82. The maximum Gasteiger partial charge on any atom is 0.248 e. The van der Waals surface area contributed by atoms with Gasteiger partial charge in [-0.05, 0) is 19.8 Å². The van der Waals surface area contributed by atoms with Crippen LogP contribution in [0.15, 0.2) is 16.9 Å². The normalized spacial score (nSPS) is 11.9. The number of ether oxygens (including phenoxy) is 1. The molecule has 0 amide bonds. The topological polar surface area (TPSA) is 92.0 Å². The summed E-state index contributed by atoms with van der Waals surface area (Å²) in [6.45, 7) is 7.10. The lowest BCUT2D eigenvalue weighted by Crippen LogP contribution is -2.29. The van der Waals surface area contributed by atoms with Crippen molar-refractivity contribution in [2.24, 2.45) is 0 Å². The van der Waals surface area contributed by atoms with Gasteiger partial charge in [-0.15, -0.1) is 0 Å². The number of aromatic nitrogens is 4. The Morgan fingerprint density at radius 3 is 2.65 bits per heavy atom. The molecule has 2 aromatic rings. The molecule has 7 heteroatoms. The number of nitrogen functional groups attached to an aromatic ring is 1. The van der Waals surface area contributed by atoms with Gasteiger partial charge in [-0.2, -0.15) is 10.1 Å². The largest absolute Gasteiger partial charge is 0.396 e. The van der Waals surface area contributed by atoms with E-state index in [2.05, 4.69) is 29.1 Å². The van der Waals surface area contributed by atoms with Gasteiger partial charge in [0.2, 0.25) is 11.7 Å². The molecule has 2 heterocycles. The molecule has 0 aliphatic rings. The van der Waals surface area contributed by atoms with Crippen molar-refractivity contribution in [3.8, 4) is 0 Å². The lowest BCUT2D eigenvalue weighted by molar-refractivity contribution is -0.0583. The highest BCUT2D eigenvalue weighted by molar-refractivity contribution is 5.30. The van der Waals surface area contributed by atoms with Crippen molar-refractivity contribution in [1.29, 1.82) is 0 Å². The Morgan fingerprint density at radius 2 is 2.10 bits per heavy atom. The van der Waals surface area contributed by atoms with Crippen LogP contribution in [-0.2, 0) is 16.9 Å². The van der Waals surface area contributed by atoms with Gasteiger partial charge in [-0.25, -0.2) is 0 Å². The van der Waals surface area contributed by atoms with Gasteiger partial charge in [-0.1, -0.05) is 19.0 Å². The van der Waals surface area contributed by atoms with Crippen molar-refractivity contribution in [1.82, 2.24) is 19.9 Å². The number of hydrogen-bond donors (Lipinski definition) is 1. The molecule has 2 aromatic heterocycles. The Balaban J connectivity index is 2.18. The van der Waals surface area contributed by atoms with Gasteiger partial charge in [0.25, 0.3) is 0 Å². The molecule has 2 rings (SSSR count). The zero-order valence-corrected chi connectivity index (χ0v) is 12.2. The van der Waals surface area contributed by atoms with E-state index in [0.29, 0.717) is 30.6 Å². The van der Waals surface area contributed by atoms with Gasteiger partial charge in [-0.3, -0.25) is 4.68 Å². The first-order chi connectivity index (χ1) is 9.63. The second-order valence-corrected chi connectivity index (χ2v) is 4.62. The third-order valence-corrected chi connectivity index (χ3v) is 3.39. The summed E-state index contributed by atoms with van der Waals surface area (Å²) in [6.07, 6.45) is 4.90. The van der Waals surface area contributed by atoms with Crippen LogP contribution in [-0.4, -0.2) is 26.5 Å². The molecule has 0 spiro atoms. The van der Waals surface area contributed by atoms with Crippen molar-refractivity contribution < 1.29 is 9.26 Å². The lowest BCUT2D eigenvalue weighted by Gasteiger charge is -2.27. The van der Waals surface area contributed by atoms with Crippen molar-refractivity contribution >= 4 is 5.69 Å². The fourth-order valence-corrected chi connectivity index (χ4v) is 2.22. The molecule has 0 saturated heterocycles. The number of anilines is 1. The molecule has 0 saturated carbocycles. The van der Waals surface area contributed by atoms with Gasteiger partial charge in [0.15, 0.2) is 0 Å². The van der Waals surface area contributed by atoms with Crippen LogP contribution in [0.4, 0.5) is 5.69 Å². The van der Waals surface area contributed by atoms with Crippen LogP contribution < -0.4 is 5.73 Å². The smallest absolute Gasteiger partial charge is 0.248 e. The minimum atomic E-state index is -0.473. The van der Waals surface area contributed by atoms with Gasteiger partial charge >= 0.3 is 0 Å². The van der Waals surface area contributed by atoms with Crippen molar-refractivity contribution in [2.45, 2.75) is 45.8 Å². The van der Waals surface area contributed by atoms with E-state index in [4.69, 9.17) is 15.0 Å². The van der Waals surface area contributed by atoms with E-state index < -0.39 is 5.60 Å². The van der Waals surface area contributed by atoms with Crippen LogP contribution in [0.25, 0.3) is 0 Å². The molecule has 20 heavy (non-hydrogen) atoms. The van der Waals surface area contributed by atoms with Crippen molar-refractivity contribution in [3.63, 3.8) is 0 Å². The zero-order chi connectivity index (χ0) is 14.6. The SMILES string of the molecule is CCOC(CC)(CC)c1noc(Cn2cc(N)cn2)n1. The fraction of sp³-hybridized carbons (Fsp3) is 0.615. The van der Waals surface area contributed by atoms with Crippen LogP contribution in [0.3, 0.4) is 0 Å². The van der Waals surface area contributed by atoms with E-state index >= 15 is 0 Å². The van der Waals surface area contributed by atoms with Crippen LogP contribution in [0.1, 0.15) is 45.3 Å². The first-order valence-electron chi connectivity index (χ1n) is 6.88. The van der Waals surface area contributed by atoms with Crippen molar-refractivity contribution in [2.75, 3.05) is 12.3 Å². The van der Waals surface area contributed by atoms with E-state index in [0.717, 1.165) is 12.8 Å². The summed E-state index contributed by atoms with van der Waals surface area (Å²) in [5, 5.41) is 8.16. The molecule has 110 valence electrons. The summed E-state index contributed by atoms with van der Waals surface area (Å²) in [6, 6.07) is 0. The second-order valence-electron chi connectivity index (χ2n) is 4.62. The van der Waals surface area contributed by atoms with Crippen LogP contribution in [0, 0.1) is 0 Å².